The van der Waals surface area contributed by atoms with Crippen molar-refractivity contribution < 1.29 is 0 Å². The van der Waals surface area contributed by atoms with E-state index >= 15 is 0 Å². The first-order valence-electron chi connectivity index (χ1n) is 7.08. The summed E-state index contributed by atoms with van der Waals surface area (Å²) in [5, 5.41) is 4.26. The number of nitrogens with zero attached hydrogens (tertiary/aromatic N) is 3. The monoisotopic (exact) mass is 298 g/mol. The van der Waals surface area contributed by atoms with Crippen LogP contribution in [-0.2, 0) is 0 Å². The van der Waals surface area contributed by atoms with Crippen LogP contribution in [0.2, 0.25) is 0 Å². The second kappa shape index (κ2) is 6.18. The van der Waals surface area contributed by atoms with Crippen LogP contribution in [0.1, 0.15) is 18.9 Å². The lowest BCUT2D eigenvalue weighted by Gasteiger charge is -2.09. The van der Waals surface area contributed by atoms with Crippen LogP contribution < -0.4 is 5.32 Å². The number of fused-ring (bicyclic) bond motifs is 1. The van der Waals surface area contributed by atoms with E-state index in [9.17, 15) is 0 Å². The summed E-state index contributed by atoms with van der Waals surface area (Å²) in [6, 6.07) is 8.43. The fourth-order valence-corrected chi connectivity index (χ4v) is 3.11. The highest BCUT2D eigenvalue weighted by atomic mass is 32.2. The van der Waals surface area contributed by atoms with E-state index in [0.29, 0.717) is 0 Å². The molecular weight excluding hydrogens is 280 g/mol. The number of nitrogens with one attached hydrogen (secondary N) is 1. The van der Waals surface area contributed by atoms with Gasteiger partial charge in [-0.2, -0.15) is 0 Å². The Kier molecular flexibility index (Phi) is 4.10. The highest BCUT2D eigenvalue weighted by Gasteiger charge is 2.09. The molecule has 0 aliphatic rings. The number of hydrogen-bond donors (Lipinski definition) is 1. The Labute approximate surface area is 128 Å². The maximum Gasteiger partial charge on any atom is 0.170 e. The van der Waals surface area contributed by atoms with Gasteiger partial charge in [-0.1, -0.05) is 36.4 Å². The van der Waals surface area contributed by atoms with Gasteiger partial charge in [0.15, 0.2) is 5.65 Å². The molecule has 0 amide bonds. The third-order valence-corrected chi connectivity index (χ3v) is 4.06. The molecule has 0 aliphatic heterocycles. The van der Waals surface area contributed by atoms with Gasteiger partial charge in [0.05, 0.1) is 6.20 Å². The maximum absolute atomic E-state index is 4.70. The Morgan fingerprint density at radius 1 is 1.33 bits per heavy atom. The molecule has 0 spiro atoms. The van der Waals surface area contributed by atoms with Gasteiger partial charge in [0.25, 0.3) is 0 Å². The molecule has 2 heterocycles. The summed E-state index contributed by atoms with van der Waals surface area (Å²) >= 11 is 1.65. The van der Waals surface area contributed by atoms with Crippen LogP contribution in [0.5, 0.6) is 0 Å². The number of rotatable bonds is 5. The molecule has 0 unspecified atom stereocenters. The first-order valence-corrected chi connectivity index (χ1v) is 7.90. The van der Waals surface area contributed by atoms with Crippen molar-refractivity contribution in [3.05, 3.63) is 48.4 Å². The quantitative estimate of drug-likeness (QED) is 0.773. The lowest BCUT2D eigenvalue weighted by Crippen LogP contribution is -2.04. The normalized spacial score (nSPS) is 11.0. The fraction of sp³-hybridized carbons (Fsp3) is 0.250. The van der Waals surface area contributed by atoms with Crippen LogP contribution >= 0.6 is 11.8 Å². The first kappa shape index (κ1) is 13.9. The molecule has 0 bridgehead atoms. The number of aryl methyl sites for hydroxylation is 1. The molecule has 5 heteroatoms. The molecule has 0 radical (unpaired) electrons. The van der Waals surface area contributed by atoms with Crippen molar-refractivity contribution >= 4 is 23.2 Å². The SMILES string of the molecule is CCCNc1cn2ccnc2c(Sc2cccc(C)c2)n1. The van der Waals surface area contributed by atoms with Gasteiger partial charge in [-0.15, -0.1) is 0 Å². The Balaban J connectivity index is 1.97. The highest BCUT2D eigenvalue weighted by molar-refractivity contribution is 7.99. The van der Waals surface area contributed by atoms with Crippen LogP contribution in [0.25, 0.3) is 5.65 Å². The van der Waals surface area contributed by atoms with E-state index < -0.39 is 0 Å². The standard InChI is InChI=1S/C16H18N4S/c1-3-7-17-14-11-20-9-8-18-15(20)16(19-14)21-13-6-4-5-12(2)10-13/h4-6,8-11,17H,3,7H2,1-2H3. The molecular formula is C16H18N4S. The number of hydrogen-bond acceptors (Lipinski definition) is 4. The average Bonchev–Trinajstić information content (AvgIpc) is 2.94. The van der Waals surface area contributed by atoms with Crippen LogP contribution in [0, 0.1) is 6.92 Å². The van der Waals surface area contributed by atoms with E-state index in [0.717, 1.165) is 29.5 Å². The molecule has 0 fully saturated rings. The Hall–Kier alpha value is -2.01. The summed E-state index contributed by atoms with van der Waals surface area (Å²) < 4.78 is 2.02. The van der Waals surface area contributed by atoms with Crippen LogP contribution in [0.4, 0.5) is 5.82 Å². The lowest BCUT2D eigenvalue weighted by molar-refractivity contribution is 0.945. The predicted octanol–water partition coefficient (Wildman–Crippen LogP) is 4.01. The topological polar surface area (TPSA) is 42.2 Å². The van der Waals surface area contributed by atoms with Crippen molar-refractivity contribution in [3.63, 3.8) is 0 Å². The zero-order valence-electron chi connectivity index (χ0n) is 12.2. The second-order valence-electron chi connectivity index (χ2n) is 4.93. The third-order valence-electron chi connectivity index (χ3n) is 3.10. The van der Waals surface area contributed by atoms with E-state index in [1.54, 1.807) is 18.0 Å². The van der Waals surface area contributed by atoms with E-state index in [1.807, 2.05) is 16.8 Å². The highest BCUT2D eigenvalue weighted by Crippen LogP contribution is 2.30. The molecule has 0 atom stereocenters. The number of aromatic nitrogens is 3. The molecule has 1 N–H and O–H groups in total. The zero-order valence-corrected chi connectivity index (χ0v) is 13.0. The summed E-state index contributed by atoms with van der Waals surface area (Å²) in [4.78, 5) is 10.3. The van der Waals surface area contributed by atoms with Crippen molar-refractivity contribution in [2.75, 3.05) is 11.9 Å². The minimum atomic E-state index is 0.887. The summed E-state index contributed by atoms with van der Waals surface area (Å²) in [6.45, 7) is 5.16. The molecule has 21 heavy (non-hydrogen) atoms. The van der Waals surface area contributed by atoms with E-state index in [-0.39, 0.29) is 0 Å². The Morgan fingerprint density at radius 2 is 2.24 bits per heavy atom. The van der Waals surface area contributed by atoms with Crippen molar-refractivity contribution in [2.24, 2.45) is 0 Å². The van der Waals surface area contributed by atoms with Gasteiger partial charge in [0.1, 0.15) is 10.8 Å². The Bertz CT molecular complexity index is 751. The van der Waals surface area contributed by atoms with Gasteiger partial charge >= 0.3 is 0 Å². The van der Waals surface area contributed by atoms with Crippen molar-refractivity contribution in [3.8, 4) is 0 Å². The summed E-state index contributed by atoms with van der Waals surface area (Å²) in [6.07, 6.45) is 6.82. The Morgan fingerprint density at radius 3 is 3.05 bits per heavy atom. The molecule has 3 rings (SSSR count). The van der Waals surface area contributed by atoms with Gasteiger partial charge in [-0.3, -0.25) is 0 Å². The van der Waals surface area contributed by atoms with Crippen molar-refractivity contribution in [2.45, 2.75) is 30.2 Å². The molecule has 0 saturated heterocycles. The smallest absolute Gasteiger partial charge is 0.170 e. The summed E-state index contributed by atoms with van der Waals surface area (Å²) in [7, 11) is 0. The van der Waals surface area contributed by atoms with Gasteiger partial charge in [0.2, 0.25) is 0 Å². The molecule has 4 nitrogen and oxygen atoms in total. The maximum atomic E-state index is 4.70. The first-order chi connectivity index (χ1) is 10.3. The van der Waals surface area contributed by atoms with Gasteiger partial charge in [-0.25, -0.2) is 9.97 Å². The molecule has 0 aliphatic carbocycles. The number of imidazole rings is 1. The largest absolute Gasteiger partial charge is 0.369 e. The zero-order chi connectivity index (χ0) is 14.7. The van der Waals surface area contributed by atoms with Crippen molar-refractivity contribution in [1.29, 1.82) is 0 Å². The van der Waals surface area contributed by atoms with Crippen molar-refractivity contribution in [1.82, 2.24) is 14.4 Å². The summed E-state index contributed by atoms with van der Waals surface area (Å²) in [5.74, 6) is 0.887. The van der Waals surface area contributed by atoms with E-state index in [1.165, 1.54) is 10.5 Å². The second-order valence-corrected chi connectivity index (χ2v) is 6.00. The summed E-state index contributed by atoms with van der Waals surface area (Å²) in [5.41, 5.74) is 2.14. The van der Waals surface area contributed by atoms with Gasteiger partial charge in [-0.05, 0) is 25.5 Å². The van der Waals surface area contributed by atoms with Gasteiger partial charge < -0.3 is 9.72 Å². The van der Waals surface area contributed by atoms with E-state index in [4.69, 9.17) is 4.98 Å². The third kappa shape index (κ3) is 3.19. The molecule has 108 valence electrons. The average molecular weight is 298 g/mol. The van der Waals surface area contributed by atoms with Crippen LogP contribution in [-0.4, -0.2) is 20.9 Å². The van der Waals surface area contributed by atoms with Gasteiger partial charge in [0, 0.05) is 23.8 Å². The minimum Gasteiger partial charge on any atom is -0.369 e. The molecule has 2 aromatic heterocycles. The lowest BCUT2D eigenvalue weighted by atomic mass is 10.2. The molecule has 0 saturated carbocycles. The molecule has 1 aromatic carbocycles. The predicted molar refractivity (Wildman–Crippen MR) is 87.1 cm³/mol. The molecule has 3 aromatic rings. The number of anilines is 1. The van der Waals surface area contributed by atoms with E-state index in [2.05, 4.69) is 48.4 Å². The van der Waals surface area contributed by atoms with Crippen LogP contribution in [0.15, 0.2) is 52.8 Å². The fourth-order valence-electron chi connectivity index (χ4n) is 2.10. The number of benzene rings is 1. The van der Waals surface area contributed by atoms with Crippen LogP contribution in [0.3, 0.4) is 0 Å². The minimum absolute atomic E-state index is 0.887.